The van der Waals surface area contributed by atoms with Crippen molar-refractivity contribution in [2.45, 2.75) is 50.6 Å². The van der Waals surface area contributed by atoms with Crippen LogP contribution < -0.4 is 10.1 Å². The van der Waals surface area contributed by atoms with Crippen LogP contribution in [0.4, 0.5) is 0 Å². The van der Waals surface area contributed by atoms with Crippen molar-refractivity contribution in [2.24, 2.45) is 0 Å². The average Bonchev–Trinajstić information content (AvgIpc) is 2.82. The van der Waals surface area contributed by atoms with Gasteiger partial charge in [0, 0.05) is 12.6 Å². The highest BCUT2D eigenvalue weighted by Crippen LogP contribution is 2.26. The van der Waals surface area contributed by atoms with Crippen molar-refractivity contribution in [3.8, 4) is 5.75 Å². The molecule has 31 heavy (non-hydrogen) atoms. The summed E-state index contributed by atoms with van der Waals surface area (Å²) in [5, 5.41) is 3.20. The largest absolute Gasteiger partial charge is 0.497 e. The Morgan fingerprint density at radius 2 is 1.74 bits per heavy atom. The Bertz CT molecular complexity index is 836. The molecule has 0 unspecified atom stereocenters. The fraction of sp³-hybridized carbons (Fsp3) is 0.440. The van der Waals surface area contributed by atoms with Gasteiger partial charge in [-0.3, -0.25) is 9.59 Å². The second kappa shape index (κ2) is 11.8. The van der Waals surface area contributed by atoms with Crippen molar-refractivity contribution in [3.63, 3.8) is 0 Å². The molecule has 0 saturated heterocycles. The lowest BCUT2D eigenvalue weighted by molar-refractivity contribution is -0.139. The summed E-state index contributed by atoms with van der Waals surface area (Å²) in [4.78, 5) is 27.9. The van der Waals surface area contributed by atoms with E-state index >= 15 is 0 Å². The fourth-order valence-electron chi connectivity index (χ4n) is 4.15. The van der Waals surface area contributed by atoms with Gasteiger partial charge in [0.1, 0.15) is 17.7 Å². The van der Waals surface area contributed by atoms with E-state index in [2.05, 4.69) is 5.32 Å². The first-order chi connectivity index (χ1) is 15.1. The number of halogens is 1. The minimum absolute atomic E-state index is 0.149. The predicted molar refractivity (Wildman–Crippen MR) is 123 cm³/mol. The number of rotatable bonds is 9. The van der Waals surface area contributed by atoms with E-state index in [-0.39, 0.29) is 23.7 Å². The number of amides is 2. The van der Waals surface area contributed by atoms with Gasteiger partial charge in [-0.2, -0.15) is 0 Å². The minimum Gasteiger partial charge on any atom is -0.497 e. The number of hydrogen-bond donors (Lipinski definition) is 1. The molecule has 6 heteroatoms. The van der Waals surface area contributed by atoms with E-state index in [1.54, 1.807) is 12.0 Å². The molecule has 2 aromatic rings. The summed E-state index contributed by atoms with van der Waals surface area (Å²) in [6.07, 6.45) is 6.06. The lowest BCUT2D eigenvalue weighted by Gasteiger charge is -2.33. The molecule has 3 rings (SSSR count). The van der Waals surface area contributed by atoms with Crippen molar-refractivity contribution in [1.82, 2.24) is 10.2 Å². The van der Waals surface area contributed by atoms with E-state index in [0.717, 1.165) is 36.8 Å². The van der Waals surface area contributed by atoms with Gasteiger partial charge >= 0.3 is 0 Å². The smallest absolute Gasteiger partial charge is 0.247 e. The number of benzene rings is 2. The Hall–Kier alpha value is -2.53. The molecule has 2 aromatic carbocycles. The Labute approximate surface area is 189 Å². The molecular weight excluding hydrogens is 412 g/mol. The maximum Gasteiger partial charge on any atom is 0.247 e. The Balaban J connectivity index is 1.87. The van der Waals surface area contributed by atoms with Crippen LogP contribution in [0, 0.1) is 0 Å². The number of hydrogen-bond acceptors (Lipinski definition) is 3. The number of methoxy groups -OCH3 is 1. The van der Waals surface area contributed by atoms with E-state index in [1.807, 2.05) is 54.6 Å². The van der Waals surface area contributed by atoms with Gasteiger partial charge in [-0.25, -0.2) is 0 Å². The number of nitrogens with zero attached hydrogens (tertiary/aromatic N) is 1. The molecule has 0 bridgehead atoms. The molecule has 1 aliphatic rings. The van der Waals surface area contributed by atoms with E-state index in [1.165, 1.54) is 6.42 Å². The van der Waals surface area contributed by atoms with Crippen molar-refractivity contribution in [1.29, 1.82) is 0 Å². The molecule has 1 fully saturated rings. The molecule has 0 heterocycles. The van der Waals surface area contributed by atoms with Crippen LogP contribution in [0.1, 0.15) is 49.3 Å². The Morgan fingerprint density at radius 3 is 2.35 bits per heavy atom. The first kappa shape index (κ1) is 23.1. The molecule has 1 saturated carbocycles. The van der Waals surface area contributed by atoms with Crippen LogP contribution in [0.25, 0.3) is 0 Å². The van der Waals surface area contributed by atoms with Gasteiger partial charge in [0.25, 0.3) is 0 Å². The van der Waals surface area contributed by atoms with Gasteiger partial charge < -0.3 is 15.0 Å². The average molecular weight is 443 g/mol. The van der Waals surface area contributed by atoms with E-state index in [4.69, 9.17) is 16.3 Å². The van der Waals surface area contributed by atoms with E-state index < -0.39 is 6.04 Å². The summed E-state index contributed by atoms with van der Waals surface area (Å²) in [5.74, 6) is 0.133. The third-order valence-electron chi connectivity index (χ3n) is 5.86. The Morgan fingerprint density at radius 1 is 1.06 bits per heavy atom. The van der Waals surface area contributed by atoms with Crippen molar-refractivity contribution in [3.05, 3.63) is 65.7 Å². The SMILES string of the molecule is COc1ccc([C@H](C(=O)NC2CCCCC2)N(CCc2ccccc2)C(=O)CCl)cc1. The van der Waals surface area contributed by atoms with Gasteiger partial charge in [0.05, 0.1) is 7.11 Å². The Kier molecular flexibility index (Phi) is 8.77. The molecule has 0 radical (unpaired) electrons. The molecule has 0 aliphatic heterocycles. The van der Waals surface area contributed by atoms with E-state index in [0.29, 0.717) is 18.7 Å². The van der Waals surface area contributed by atoms with Gasteiger partial charge in [-0.15, -0.1) is 11.6 Å². The summed E-state index contributed by atoms with van der Waals surface area (Å²) < 4.78 is 5.26. The summed E-state index contributed by atoms with van der Waals surface area (Å²) in [6.45, 7) is 0.407. The highest BCUT2D eigenvalue weighted by atomic mass is 35.5. The quantitative estimate of drug-likeness (QED) is 0.582. The zero-order chi connectivity index (χ0) is 22.1. The molecule has 2 amide bonds. The maximum atomic E-state index is 13.5. The van der Waals surface area contributed by atoms with Crippen LogP contribution in [-0.4, -0.2) is 42.3 Å². The fourth-order valence-corrected chi connectivity index (χ4v) is 4.31. The predicted octanol–water partition coefficient (Wildman–Crippen LogP) is 4.50. The molecule has 166 valence electrons. The zero-order valence-electron chi connectivity index (χ0n) is 18.1. The van der Waals surface area contributed by atoms with Crippen molar-refractivity contribution >= 4 is 23.4 Å². The standard InChI is InChI=1S/C25H31ClN2O3/c1-31-22-14-12-20(13-15-22)24(25(30)27-21-10-6-3-7-11-21)28(23(29)18-26)17-16-19-8-4-2-5-9-19/h2,4-5,8-9,12-15,21,24H,3,6-7,10-11,16-18H2,1H3,(H,27,30)/t24-/m1/s1. The molecule has 1 aliphatic carbocycles. The number of carbonyl (C=O) groups excluding carboxylic acids is 2. The van der Waals surface area contributed by atoms with Crippen molar-refractivity contribution < 1.29 is 14.3 Å². The lowest BCUT2D eigenvalue weighted by atomic mass is 9.94. The maximum absolute atomic E-state index is 13.5. The van der Waals surface area contributed by atoms with Crippen LogP contribution in [0.3, 0.4) is 0 Å². The molecular formula is C25H31ClN2O3. The van der Waals surface area contributed by atoms with Crippen LogP contribution in [0.5, 0.6) is 5.75 Å². The van der Waals surface area contributed by atoms with Crippen LogP contribution in [0.15, 0.2) is 54.6 Å². The van der Waals surface area contributed by atoms with Gasteiger partial charge in [0.2, 0.25) is 11.8 Å². The van der Waals surface area contributed by atoms with Crippen LogP contribution in [0.2, 0.25) is 0 Å². The summed E-state index contributed by atoms with van der Waals surface area (Å²) >= 11 is 5.96. The third-order valence-corrected chi connectivity index (χ3v) is 6.09. The molecule has 1 N–H and O–H groups in total. The highest BCUT2D eigenvalue weighted by Gasteiger charge is 2.32. The number of alkyl halides is 1. The summed E-state index contributed by atoms with van der Waals surface area (Å²) in [5.41, 5.74) is 1.86. The molecule has 0 aromatic heterocycles. The molecule has 0 spiro atoms. The highest BCUT2D eigenvalue weighted by molar-refractivity contribution is 6.27. The van der Waals surface area contributed by atoms with Crippen LogP contribution >= 0.6 is 11.6 Å². The van der Waals surface area contributed by atoms with Gasteiger partial charge in [-0.05, 0) is 42.5 Å². The number of carbonyl (C=O) groups is 2. The first-order valence-electron chi connectivity index (χ1n) is 11.0. The normalized spacial score (nSPS) is 15.2. The van der Waals surface area contributed by atoms with Gasteiger partial charge in [-0.1, -0.05) is 61.7 Å². The van der Waals surface area contributed by atoms with E-state index in [9.17, 15) is 9.59 Å². The topological polar surface area (TPSA) is 58.6 Å². The number of nitrogens with one attached hydrogen (secondary N) is 1. The first-order valence-corrected chi connectivity index (χ1v) is 11.5. The molecule has 5 nitrogen and oxygen atoms in total. The number of ether oxygens (including phenoxy) is 1. The molecule has 1 atom stereocenters. The van der Waals surface area contributed by atoms with Crippen LogP contribution in [-0.2, 0) is 16.0 Å². The second-order valence-electron chi connectivity index (χ2n) is 7.98. The van der Waals surface area contributed by atoms with Crippen molar-refractivity contribution in [2.75, 3.05) is 19.5 Å². The second-order valence-corrected chi connectivity index (χ2v) is 8.24. The van der Waals surface area contributed by atoms with Gasteiger partial charge in [0.15, 0.2) is 0 Å². The lowest BCUT2D eigenvalue weighted by Crippen LogP contribution is -2.48. The monoisotopic (exact) mass is 442 g/mol. The summed E-state index contributed by atoms with van der Waals surface area (Å²) in [7, 11) is 1.60. The third kappa shape index (κ3) is 6.47. The minimum atomic E-state index is -0.734. The summed E-state index contributed by atoms with van der Waals surface area (Å²) in [6, 6.07) is 16.7. The zero-order valence-corrected chi connectivity index (χ0v) is 18.8.